The SMILES string of the molecule is O=C(CS[C@@H]1CCC[C@H]1O[N+](=O)[O-])NCCNCC(O)COc1cccc2[nH]c(=O)ccc12. The first-order valence-electron chi connectivity index (χ1n) is 10.8. The quantitative estimate of drug-likeness (QED) is 0.185. The summed E-state index contributed by atoms with van der Waals surface area (Å²) in [6.07, 6.45) is 1.09. The van der Waals surface area contributed by atoms with Gasteiger partial charge in [0.2, 0.25) is 11.5 Å². The second-order valence-corrected chi connectivity index (χ2v) is 8.93. The highest BCUT2D eigenvalue weighted by Gasteiger charge is 2.31. The first kappa shape index (κ1) is 24.8. The summed E-state index contributed by atoms with van der Waals surface area (Å²) in [4.78, 5) is 41.3. The standard InChI is InChI=1S/C21H28N4O7S/c26-14(12-31-17-4-1-3-16-15(17)7-8-20(27)24-16)11-22-9-10-23-21(28)13-33-19-6-2-5-18(19)32-25(29)30/h1,3-4,7-8,14,18-19,22,26H,2,5-6,9-13H2,(H,23,28)(H,24,27)/t14?,18-,19-/m1/s1. The van der Waals surface area contributed by atoms with Gasteiger partial charge < -0.3 is 30.3 Å². The first-order chi connectivity index (χ1) is 15.9. The Bertz CT molecular complexity index is 1000. The van der Waals surface area contributed by atoms with Crippen LogP contribution in [0.2, 0.25) is 0 Å². The van der Waals surface area contributed by atoms with Crippen LogP contribution < -0.4 is 20.9 Å². The van der Waals surface area contributed by atoms with Crippen LogP contribution >= 0.6 is 11.8 Å². The molecular formula is C21H28N4O7S. The van der Waals surface area contributed by atoms with E-state index in [1.54, 1.807) is 24.3 Å². The fraction of sp³-hybridized carbons (Fsp3) is 0.524. The van der Waals surface area contributed by atoms with Crippen LogP contribution in [-0.4, -0.2) is 70.5 Å². The van der Waals surface area contributed by atoms with Crippen molar-refractivity contribution in [3.8, 4) is 5.75 Å². The van der Waals surface area contributed by atoms with E-state index in [0.717, 1.165) is 18.2 Å². The van der Waals surface area contributed by atoms with Gasteiger partial charge in [0.25, 0.3) is 5.09 Å². The lowest BCUT2D eigenvalue weighted by Gasteiger charge is -2.17. The lowest BCUT2D eigenvalue weighted by atomic mass is 10.2. The molecule has 11 nitrogen and oxygen atoms in total. The van der Waals surface area contributed by atoms with Gasteiger partial charge in [-0.15, -0.1) is 21.9 Å². The number of aliphatic hydroxyl groups excluding tert-OH is 1. The molecule has 3 atom stereocenters. The number of ether oxygens (including phenoxy) is 1. The van der Waals surface area contributed by atoms with Gasteiger partial charge in [-0.3, -0.25) is 9.59 Å². The molecule has 33 heavy (non-hydrogen) atoms. The van der Waals surface area contributed by atoms with Crippen molar-refractivity contribution in [1.29, 1.82) is 0 Å². The Morgan fingerprint density at radius 3 is 2.97 bits per heavy atom. The number of aliphatic hydroxyl groups is 1. The summed E-state index contributed by atoms with van der Waals surface area (Å²) >= 11 is 1.38. The number of nitrogens with zero attached hydrogens (tertiary/aromatic N) is 1. The molecule has 12 heteroatoms. The monoisotopic (exact) mass is 480 g/mol. The molecule has 180 valence electrons. The maximum Gasteiger partial charge on any atom is 0.294 e. The first-order valence-corrected chi connectivity index (χ1v) is 11.8. The van der Waals surface area contributed by atoms with E-state index in [2.05, 4.69) is 20.5 Å². The van der Waals surface area contributed by atoms with Crippen molar-refractivity contribution >= 4 is 28.6 Å². The van der Waals surface area contributed by atoms with Crippen molar-refractivity contribution in [2.24, 2.45) is 0 Å². The second-order valence-electron chi connectivity index (χ2n) is 7.71. The van der Waals surface area contributed by atoms with Gasteiger partial charge in [-0.1, -0.05) is 12.5 Å². The number of H-pyrrole nitrogens is 1. The third kappa shape index (κ3) is 7.91. The third-order valence-electron chi connectivity index (χ3n) is 5.20. The number of nitrogens with one attached hydrogen (secondary N) is 3. The van der Waals surface area contributed by atoms with Crippen LogP contribution in [0.4, 0.5) is 0 Å². The fourth-order valence-electron chi connectivity index (χ4n) is 3.64. The molecule has 0 spiro atoms. The van der Waals surface area contributed by atoms with Gasteiger partial charge in [0.1, 0.15) is 24.6 Å². The molecule has 1 aliphatic rings. The molecule has 1 unspecified atom stereocenters. The Morgan fingerprint density at radius 1 is 1.30 bits per heavy atom. The Kier molecular flexibility index (Phi) is 9.34. The summed E-state index contributed by atoms with van der Waals surface area (Å²) in [5.74, 6) is 0.641. The number of fused-ring (bicyclic) bond motifs is 1. The number of hydrogen-bond donors (Lipinski definition) is 4. The number of carbonyl (C=O) groups is 1. The van der Waals surface area contributed by atoms with E-state index in [4.69, 9.17) is 4.74 Å². The van der Waals surface area contributed by atoms with E-state index in [1.165, 1.54) is 17.8 Å². The van der Waals surface area contributed by atoms with Crippen molar-refractivity contribution in [2.45, 2.75) is 36.7 Å². The number of thioether (sulfide) groups is 1. The Balaban J connectivity index is 1.28. The van der Waals surface area contributed by atoms with E-state index >= 15 is 0 Å². The topological polar surface area (TPSA) is 156 Å². The fourth-order valence-corrected chi connectivity index (χ4v) is 4.84. The van der Waals surface area contributed by atoms with Crippen molar-refractivity contribution in [2.75, 3.05) is 32.0 Å². The van der Waals surface area contributed by atoms with E-state index in [-0.39, 0.29) is 35.6 Å². The average Bonchev–Trinajstić information content (AvgIpc) is 3.21. The largest absolute Gasteiger partial charge is 0.490 e. The van der Waals surface area contributed by atoms with Crippen LogP contribution in [0.25, 0.3) is 10.9 Å². The summed E-state index contributed by atoms with van der Waals surface area (Å²) in [6, 6.07) is 8.41. The molecule has 1 saturated carbocycles. The number of amides is 1. The number of rotatable bonds is 13. The second kappa shape index (κ2) is 12.4. The molecule has 2 aromatic rings. The molecule has 0 aliphatic heterocycles. The summed E-state index contributed by atoms with van der Waals surface area (Å²) in [6.45, 7) is 1.22. The minimum atomic E-state index is -0.765. The van der Waals surface area contributed by atoms with Crippen molar-refractivity contribution in [1.82, 2.24) is 15.6 Å². The summed E-state index contributed by atoms with van der Waals surface area (Å²) in [7, 11) is 0. The van der Waals surface area contributed by atoms with Gasteiger partial charge >= 0.3 is 0 Å². The summed E-state index contributed by atoms with van der Waals surface area (Å²) in [5, 5.41) is 26.4. The van der Waals surface area contributed by atoms with E-state index in [0.29, 0.717) is 30.8 Å². The zero-order chi connectivity index (χ0) is 23.6. The maximum atomic E-state index is 12.0. The lowest BCUT2D eigenvalue weighted by Crippen LogP contribution is -2.37. The van der Waals surface area contributed by atoms with Crippen LogP contribution in [0.15, 0.2) is 35.1 Å². The van der Waals surface area contributed by atoms with Crippen LogP contribution in [0.3, 0.4) is 0 Å². The van der Waals surface area contributed by atoms with Crippen molar-refractivity contribution in [3.05, 3.63) is 50.8 Å². The number of hydrogen-bond acceptors (Lipinski definition) is 9. The van der Waals surface area contributed by atoms with Gasteiger partial charge in [0.15, 0.2) is 0 Å². The van der Waals surface area contributed by atoms with Crippen molar-refractivity contribution < 1.29 is 24.6 Å². The number of pyridine rings is 1. The summed E-state index contributed by atoms with van der Waals surface area (Å²) in [5.41, 5.74) is 0.469. The zero-order valence-corrected chi connectivity index (χ0v) is 18.8. The molecule has 1 aliphatic carbocycles. The van der Waals surface area contributed by atoms with E-state index < -0.39 is 17.3 Å². The Labute approximate surface area is 194 Å². The average molecular weight is 481 g/mol. The summed E-state index contributed by atoms with van der Waals surface area (Å²) < 4.78 is 5.69. The van der Waals surface area contributed by atoms with Gasteiger partial charge in [-0.2, -0.15) is 0 Å². The van der Waals surface area contributed by atoms with Crippen LogP contribution in [0, 0.1) is 10.1 Å². The lowest BCUT2D eigenvalue weighted by molar-refractivity contribution is -0.767. The third-order valence-corrected chi connectivity index (χ3v) is 6.60. The van der Waals surface area contributed by atoms with Crippen molar-refractivity contribution in [3.63, 3.8) is 0 Å². The molecule has 1 aromatic carbocycles. The highest BCUT2D eigenvalue weighted by Crippen LogP contribution is 2.32. The predicted octanol–water partition coefficient (Wildman–Crippen LogP) is 0.836. The maximum absolute atomic E-state index is 12.0. The molecule has 4 N–H and O–H groups in total. The van der Waals surface area contributed by atoms with Crippen LogP contribution in [-0.2, 0) is 9.63 Å². The molecule has 1 aromatic heterocycles. The molecule has 1 heterocycles. The molecule has 0 saturated heterocycles. The minimum Gasteiger partial charge on any atom is -0.490 e. The number of aromatic nitrogens is 1. The zero-order valence-electron chi connectivity index (χ0n) is 18.0. The van der Waals surface area contributed by atoms with Gasteiger partial charge in [-0.05, 0) is 31.0 Å². The molecule has 1 fully saturated rings. The minimum absolute atomic E-state index is 0.0450. The van der Waals surface area contributed by atoms with Crippen LogP contribution in [0.5, 0.6) is 5.75 Å². The van der Waals surface area contributed by atoms with E-state index in [9.17, 15) is 24.8 Å². The van der Waals surface area contributed by atoms with Gasteiger partial charge in [0, 0.05) is 36.3 Å². The number of carbonyl (C=O) groups excluding carboxylic acids is 1. The van der Waals surface area contributed by atoms with E-state index in [1.807, 2.05) is 0 Å². The molecule has 3 rings (SSSR count). The Morgan fingerprint density at radius 2 is 2.15 bits per heavy atom. The molecular weight excluding hydrogens is 452 g/mol. The molecule has 1 amide bonds. The van der Waals surface area contributed by atoms with Gasteiger partial charge in [0.05, 0.1) is 11.3 Å². The van der Waals surface area contributed by atoms with Gasteiger partial charge in [-0.25, -0.2) is 0 Å². The van der Waals surface area contributed by atoms with Crippen LogP contribution in [0.1, 0.15) is 19.3 Å². The molecule has 0 bridgehead atoms. The highest BCUT2D eigenvalue weighted by molar-refractivity contribution is 8.00. The predicted molar refractivity (Wildman–Crippen MR) is 124 cm³/mol. The molecule has 0 radical (unpaired) electrons. The highest BCUT2D eigenvalue weighted by atomic mass is 32.2. The number of benzene rings is 1. The number of aromatic amines is 1. The Hall–Kier alpha value is -2.83. The normalized spacial score (nSPS) is 18.7. The smallest absolute Gasteiger partial charge is 0.294 e.